The van der Waals surface area contributed by atoms with Crippen LogP contribution >= 0.6 is 0 Å². The number of hydrogen-bond acceptors (Lipinski definition) is 3. The molecule has 0 aliphatic heterocycles. The Balaban J connectivity index is 1.87. The molecule has 1 aromatic heterocycles. The van der Waals surface area contributed by atoms with E-state index in [1.807, 2.05) is 41.2 Å². The van der Waals surface area contributed by atoms with Gasteiger partial charge in [-0.2, -0.15) is 0 Å². The first kappa shape index (κ1) is 12.4. The Labute approximate surface area is 113 Å². The van der Waals surface area contributed by atoms with Crippen LogP contribution < -0.4 is 5.73 Å². The molecule has 1 atom stereocenters. The van der Waals surface area contributed by atoms with Crippen molar-refractivity contribution in [1.82, 2.24) is 15.0 Å². The molecular formula is C15H20N4. The molecule has 2 aromatic rings. The van der Waals surface area contributed by atoms with Crippen LogP contribution in [0.5, 0.6) is 0 Å². The van der Waals surface area contributed by atoms with Gasteiger partial charge in [-0.1, -0.05) is 42.7 Å². The predicted octanol–water partition coefficient (Wildman–Crippen LogP) is 2.85. The maximum Gasteiger partial charge on any atom is 0.0815 e. The SMILES string of the molecule is NC(c1cnnn1-c1ccccc1)C1CCCCC1. The molecule has 1 aliphatic rings. The highest BCUT2D eigenvalue weighted by atomic mass is 15.4. The number of aromatic nitrogens is 3. The second kappa shape index (κ2) is 5.53. The van der Waals surface area contributed by atoms with E-state index in [9.17, 15) is 0 Å². The molecule has 100 valence electrons. The first-order valence-corrected chi connectivity index (χ1v) is 7.08. The van der Waals surface area contributed by atoms with Crippen molar-refractivity contribution in [3.63, 3.8) is 0 Å². The Bertz CT molecular complexity index is 514. The summed E-state index contributed by atoms with van der Waals surface area (Å²) in [5, 5.41) is 8.24. The highest BCUT2D eigenvalue weighted by molar-refractivity contribution is 5.32. The molecule has 1 saturated carbocycles. The van der Waals surface area contributed by atoms with Gasteiger partial charge in [0.1, 0.15) is 0 Å². The van der Waals surface area contributed by atoms with Gasteiger partial charge in [-0.25, -0.2) is 4.68 Å². The van der Waals surface area contributed by atoms with Gasteiger partial charge in [0.2, 0.25) is 0 Å². The quantitative estimate of drug-likeness (QED) is 0.918. The maximum atomic E-state index is 6.45. The van der Waals surface area contributed by atoms with Crippen molar-refractivity contribution in [3.05, 3.63) is 42.2 Å². The van der Waals surface area contributed by atoms with Crippen molar-refractivity contribution in [1.29, 1.82) is 0 Å². The van der Waals surface area contributed by atoms with Gasteiger partial charge in [-0.3, -0.25) is 0 Å². The molecule has 3 rings (SSSR count). The van der Waals surface area contributed by atoms with E-state index in [1.54, 1.807) is 0 Å². The average Bonchev–Trinajstić information content (AvgIpc) is 2.98. The molecular weight excluding hydrogens is 236 g/mol. The van der Waals surface area contributed by atoms with Crippen LogP contribution in [0.1, 0.15) is 43.8 Å². The summed E-state index contributed by atoms with van der Waals surface area (Å²) in [6.07, 6.45) is 8.20. The molecule has 1 heterocycles. The fraction of sp³-hybridized carbons (Fsp3) is 0.467. The molecule has 4 heteroatoms. The van der Waals surface area contributed by atoms with E-state index in [-0.39, 0.29) is 6.04 Å². The average molecular weight is 256 g/mol. The number of hydrogen-bond donors (Lipinski definition) is 1. The van der Waals surface area contributed by atoms with Crippen molar-refractivity contribution in [3.8, 4) is 5.69 Å². The normalized spacial score (nSPS) is 18.4. The van der Waals surface area contributed by atoms with Crippen molar-refractivity contribution < 1.29 is 0 Å². The zero-order valence-corrected chi connectivity index (χ0v) is 11.1. The Morgan fingerprint density at radius 2 is 1.84 bits per heavy atom. The van der Waals surface area contributed by atoms with Crippen LogP contribution in [0.15, 0.2) is 36.5 Å². The zero-order valence-electron chi connectivity index (χ0n) is 11.1. The monoisotopic (exact) mass is 256 g/mol. The molecule has 1 unspecified atom stereocenters. The molecule has 0 amide bonds. The third-order valence-corrected chi connectivity index (χ3v) is 4.08. The number of rotatable bonds is 3. The lowest BCUT2D eigenvalue weighted by Crippen LogP contribution is -2.25. The van der Waals surface area contributed by atoms with Crippen LogP contribution in [-0.2, 0) is 0 Å². The molecule has 0 bridgehead atoms. The minimum atomic E-state index is 0.0375. The van der Waals surface area contributed by atoms with Gasteiger partial charge in [-0.15, -0.1) is 5.10 Å². The minimum absolute atomic E-state index is 0.0375. The lowest BCUT2D eigenvalue weighted by Gasteiger charge is -2.27. The van der Waals surface area contributed by atoms with Gasteiger partial charge in [0.25, 0.3) is 0 Å². The van der Waals surface area contributed by atoms with E-state index in [1.165, 1.54) is 32.1 Å². The molecule has 1 aliphatic carbocycles. The zero-order chi connectivity index (χ0) is 13.1. The molecule has 19 heavy (non-hydrogen) atoms. The summed E-state index contributed by atoms with van der Waals surface area (Å²) in [6, 6.07) is 10.1. The predicted molar refractivity (Wildman–Crippen MR) is 74.9 cm³/mol. The topological polar surface area (TPSA) is 56.7 Å². The number of nitrogens with zero attached hydrogens (tertiary/aromatic N) is 3. The lowest BCUT2D eigenvalue weighted by molar-refractivity contribution is 0.302. The summed E-state index contributed by atoms with van der Waals surface area (Å²) >= 11 is 0. The second-order valence-electron chi connectivity index (χ2n) is 5.33. The van der Waals surface area contributed by atoms with E-state index in [4.69, 9.17) is 5.73 Å². The summed E-state index contributed by atoms with van der Waals surface area (Å²) in [6.45, 7) is 0. The fourth-order valence-electron chi connectivity index (χ4n) is 2.97. The third kappa shape index (κ3) is 2.54. The van der Waals surface area contributed by atoms with E-state index in [0.29, 0.717) is 5.92 Å². The van der Waals surface area contributed by atoms with E-state index in [2.05, 4.69) is 10.3 Å². The van der Waals surface area contributed by atoms with Crippen LogP contribution in [0.3, 0.4) is 0 Å². The number of nitrogens with two attached hydrogens (primary N) is 1. The van der Waals surface area contributed by atoms with Gasteiger partial charge in [0, 0.05) is 0 Å². The first-order valence-electron chi connectivity index (χ1n) is 7.08. The summed E-state index contributed by atoms with van der Waals surface area (Å²) in [7, 11) is 0. The summed E-state index contributed by atoms with van der Waals surface area (Å²) in [5.41, 5.74) is 8.51. The third-order valence-electron chi connectivity index (χ3n) is 4.08. The van der Waals surface area contributed by atoms with Crippen molar-refractivity contribution in [2.45, 2.75) is 38.1 Å². The first-order chi connectivity index (χ1) is 9.36. The molecule has 1 fully saturated rings. The second-order valence-corrected chi connectivity index (χ2v) is 5.33. The smallest absolute Gasteiger partial charge is 0.0815 e. The molecule has 4 nitrogen and oxygen atoms in total. The van der Waals surface area contributed by atoms with Crippen molar-refractivity contribution in [2.24, 2.45) is 11.7 Å². The highest BCUT2D eigenvalue weighted by Gasteiger charge is 2.25. The lowest BCUT2D eigenvalue weighted by atomic mass is 9.83. The maximum absolute atomic E-state index is 6.45. The van der Waals surface area contributed by atoms with Gasteiger partial charge >= 0.3 is 0 Å². The van der Waals surface area contributed by atoms with Crippen LogP contribution in [-0.4, -0.2) is 15.0 Å². The van der Waals surface area contributed by atoms with E-state index >= 15 is 0 Å². The van der Waals surface area contributed by atoms with Crippen LogP contribution in [0.4, 0.5) is 0 Å². The number of para-hydroxylation sites is 1. The molecule has 2 N–H and O–H groups in total. The number of benzene rings is 1. The van der Waals surface area contributed by atoms with Gasteiger partial charge in [0.05, 0.1) is 23.6 Å². The Morgan fingerprint density at radius 1 is 1.11 bits per heavy atom. The van der Waals surface area contributed by atoms with Gasteiger partial charge in [-0.05, 0) is 30.9 Å². The Kier molecular flexibility index (Phi) is 3.60. The van der Waals surface area contributed by atoms with E-state index < -0.39 is 0 Å². The van der Waals surface area contributed by atoms with Crippen LogP contribution in [0.2, 0.25) is 0 Å². The fourth-order valence-corrected chi connectivity index (χ4v) is 2.97. The van der Waals surface area contributed by atoms with Gasteiger partial charge in [0.15, 0.2) is 0 Å². The van der Waals surface area contributed by atoms with Crippen LogP contribution in [0, 0.1) is 5.92 Å². The molecule has 0 saturated heterocycles. The Hall–Kier alpha value is -1.68. The van der Waals surface area contributed by atoms with Crippen LogP contribution in [0.25, 0.3) is 5.69 Å². The standard InChI is InChI=1S/C15H20N4/c16-15(12-7-3-1-4-8-12)14-11-17-18-19(14)13-9-5-2-6-10-13/h2,5-6,9-12,15H,1,3-4,7-8,16H2. The highest BCUT2D eigenvalue weighted by Crippen LogP contribution is 2.33. The van der Waals surface area contributed by atoms with Crippen molar-refractivity contribution >= 4 is 0 Å². The minimum Gasteiger partial charge on any atom is -0.322 e. The molecule has 0 radical (unpaired) electrons. The largest absolute Gasteiger partial charge is 0.322 e. The summed E-state index contributed by atoms with van der Waals surface area (Å²) < 4.78 is 1.87. The Morgan fingerprint density at radius 3 is 2.58 bits per heavy atom. The van der Waals surface area contributed by atoms with E-state index in [0.717, 1.165) is 11.4 Å². The molecule has 0 spiro atoms. The van der Waals surface area contributed by atoms with Crippen molar-refractivity contribution in [2.75, 3.05) is 0 Å². The summed E-state index contributed by atoms with van der Waals surface area (Å²) in [4.78, 5) is 0. The molecule has 1 aromatic carbocycles. The van der Waals surface area contributed by atoms with Gasteiger partial charge < -0.3 is 5.73 Å². The summed E-state index contributed by atoms with van der Waals surface area (Å²) in [5.74, 6) is 0.565.